The number of hydrogen-bond acceptors (Lipinski definition) is 4. The summed E-state index contributed by atoms with van der Waals surface area (Å²) in [5.74, 6) is 0.192. The lowest BCUT2D eigenvalue weighted by Gasteiger charge is -2.35. The zero-order valence-corrected chi connectivity index (χ0v) is 22.5. The molecule has 1 saturated heterocycles. The molecular formula is C34H34N4O2. The summed E-state index contributed by atoms with van der Waals surface area (Å²) in [6, 6.07) is 29.7. The van der Waals surface area contributed by atoms with Crippen molar-refractivity contribution in [3.05, 3.63) is 132 Å². The van der Waals surface area contributed by atoms with Crippen LogP contribution >= 0.6 is 0 Å². The standard InChI is InChI=1S/C34H34N4O2/c39-33(16-13-26-8-3-1-4-9-26)37-30-14-15-32(31(23-30)34(40)36-25-29-12-7-19-35-24-29)38-20-17-28(18-21-38)22-27-10-5-2-6-11-27/h1-16,19,23-24,28H,17-18,20-22,25H2,(H,36,40)(H,37,39). The number of carbonyl (C=O) groups is 2. The van der Waals surface area contributed by atoms with Gasteiger partial charge in [-0.25, -0.2) is 0 Å². The molecule has 5 rings (SSSR count). The Balaban J connectivity index is 1.30. The third kappa shape index (κ3) is 7.44. The van der Waals surface area contributed by atoms with E-state index in [1.807, 2.05) is 54.6 Å². The summed E-state index contributed by atoms with van der Waals surface area (Å²) in [4.78, 5) is 32.5. The number of hydrogen-bond donors (Lipinski definition) is 2. The predicted molar refractivity (Wildman–Crippen MR) is 161 cm³/mol. The van der Waals surface area contributed by atoms with Gasteiger partial charge in [0.15, 0.2) is 0 Å². The molecule has 0 spiro atoms. The second-order valence-electron chi connectivity index (χ2n) is 10.1. The van der Waals surface area contributed by atoms with Gasteiger partial charge in [-0.15, -0.1) is 0 Å². The molecule has 1 aliphatic rings. The van der Waals surface area contributed by atoms with Crippen LogP contribution in [0.2, 0.25) is 0 Å². The molecule has 1 aromatic heterocycles. The molecule has 6 nitrogen and oxygen atoms in total. The molecular weight excluding hydrogens is 496 g/mol. The first-order chi connectivity index (χ1) is 19.6. The lowest BCUT2D eigenvalue weighted by Crippen LogP contribution is -2.36. The van der Waals surface area contributed by atoms with Gasteiger partial charge >= 0.3 is 0 Å². The van der Waals surface area contributed by atoms with Gasteiger partial charge in [0, 0.05) is 49.5 Å². The van der Waals surface area contributed by atoms with Gasteiger partial charge in [0.2, 0.25) is 5.91 Å². The summed E-state index contributed by atoms with van der Waals surface area (Å²) >= 11 is 0. The van der Waals surface area contributed by atoms with Crippen LogP contribution in [0.15, 0.2) is 109 Å². The minimum absolute atomic E-state index is 0.179. The monoisotopic (exact) mass is 530 g/mol. The van der Waals surface area contributed by atoms with Crippen LogP contribution in [0.4, 0.5) is 11.4 Å². The van der Waals surface area contributed by atoms with E-state index in [0.717, 1.165) is 49.2 Å². The number of nitrogens with one attached hydrogen (secondary N) is 2. The Morgan fingerprint density at radius 3 is 2.33 bits per heavy atom. The van der Waals surface area contributed by atoms with Crippen LogP contribution in [0.25, 0.3) is 6.08 Å². The van der Waals surface area contributed by atoms with Crippen LogP contribution in [0.3, 0.4) is 0 Å². The van der Waals surface area contributed by atoms with Gasteiger partial charge in [-0.3, -0.25) is 14.6 Å². The predicted octanol–water partition coefficient (Wildman–Crippen LogP) is 6.12. The SMILES string of the molecule is O=C(C=Cc1ccccc1)Nc1ccc(N2CCC(Cc3ccccc3)CC2)c(C(=O)NCc2cccnc2)c1. The number of piperidine rings is 1. The van der Waals surface area contributed by atoms with Crippen molar-refractivity contribution < 1.29 is 9.59 Å². The third-order valence-electron chi connectivity index (χ3n) is 7.23. The van der Waals surface area contributed by atoms with E-state index in [2.05, 4.69) is 50.8 Å². The summed E-state index contributed by atoms with van der Waals surface area (Å²) in [6.45, 7) is 2.14. The largest absolute Gasteiger partial charge is 0.371 e. The molecule has 0 bridgehead atoms. The number of aromatic nitrogens is 1. The van der Waals surface area contributed by atoms with Crippen molar-refractivity contribution in [3.8, 4) is 0 Å². The summed E-state index contributed by atoms with van der Waals surface area (Å²) in [5.41, 5.74) is 5.26. The first-order valence-corrected chi connectivity index (χ1v) is 13.8. The Labute approximate surface area is 235 Å². The Morgan fingerprint density at radius 2 is 1.60 bits per heavy atom. The van der Waals surface area contributed by atoms with Crippen molar-refractivity contribution in [2.75, 3.05) is 23.3 Å². The Kier molecular flexibility index (Phi) is 8.99. The van der Waals surface area contributed by atoms with Gasteiger partial charge < -0.3 is 15.5 Å². The van der Waals surface area contributed by atoms with Crippen molar-refractivity contribution in [1.29, 1.82) is 0 Å². The zero-order valence-electron chi connectivity index (χ0n) is 22.5. The first kappa shape index (κ1) is 26.9. The molecule has 2 amide bonds. The van der Waals surface area contributed by atoms with E-state index in [9.17, 15) is 9.59 Å². The van der Waals surface area contributed by atoms with Gasteiger partial charge in [0.05, 0.1) is 5.56 Å². The van der Waals surface area contributed by atoms with Crippen LogP contribution in [-0.2, 0) is 17.8 Å². The fraction of sp³-hybridized carbons (Fsp3) is 0.206. The molecule has 0 atom stereocenters. The van der Waals surface area contributed by atoms with Crippen molar-refractivity contribution in [2.45, 2.75) is 25.8 Å². The van der Waals surface area contributed by atoms with Crippen LogP contribution in [0.5, 0.6) is 0 Å². The average Bonchev–Trinajstić information content (AvgIpc) is 3.01. The lowest BCUT2D eigenvalue weighted by atomic mass is 9.89. The van der Waals surface area contributed by atoms with Crippen molar-refractivity contribution in [1.82, 2.24) is 10.3 Å². The number of pyridine rings is 1. The van der Waals surface area contributed by atoms with Crippen LogP contribution in [0, 0.1) is 5.92 Å². The van der Waals surface area contributed by atoms with E-state index in [0.29, 0.717) is 23.7 Å². The molecule has 0 unspecified atom stereocenters. The van der Waals surface area contributed by atoms with Gasteiger partial charge in [-0.05, 0) is 72.2 Å². The van der Waals surface area contributed by atoms with E-state index in [1.165, 1.54) is 11.6 Å². The molecule has 202 valence electrons. The Hall–Kier alpha value is -4.71. The number of benzene rings is 3. The summed E-state index contributed by atoms with van der Waals surface area (Å²) < 4.78 is 0. The normalized spacial score (nSPS) is 13.8. The van der Waals surface area contributed by atoms with Gasteiger partial charge in [-0.1, -0.05) is 66.7 Å². The first-order valence-electron chi connectivity index (χ1n) is 13.8. The molecule has 2 N–H and O–H groups in total. The molecule has 4 aromatic rings. The maximum Gasteiger partial charge on any atom is 0.253 e. The van der Waals surface area contributed by atoms with Crippen LogP contribution in [0.1, 0.15) is 39.9 Å². The molecule has 0 radical (unpaired) electrons. The molecule has 1 aliphatic heterocycles. The number of nitrogens with zero attached hydrogens (tertiary/aromatic N) is 2. The van der Waals surface area contributed by atoms with Crippen LogP contribution in [-0.4, -0.2) is 29.9 Å². The topological polar surface area (TPSA) is 74.3 Å². The fourth-order valence-electron chi connectivity index (χ4n) is 5.10. The van der Waals surface area contributed by atoms with E-state index >= 15 is 0 Å². The van der Waals surface area contributed by atoms with E-state index in [-0.39, 0.29) is 11.8 Å². The average molecular weight is 531 g/mol. The lowest BCUT2D eigenvalue weighted by molar-refractivity contribution is -0.111. The number of carbonyl (C=O) groups excluding carboxylic acids is 2. The number of rotatable bonds is 9. The molecule has 2 heterocycles. The van der Waals surface area contributed by atoms with Gasteiger partial charge in [-0.2, -0.15) is 0 Å². The smallest absolute Gasteiger partial charge is 0.253 e. The summed E-state index contributed by atoms with van der Waals surface area (Å²) in [6.07, 6.45) is 9.93. The zero-order chi connectivity index (χ0) is 27.6. The fourth-order valence-corrected chi connectivity index (χ4v) is 5.10. The highest BCUT2D eigenvalue weighted by atomic mass is 16.2. The van der Waals surface area contributed by atoms with Gasteiger partial charge in [0.1, 0.15) is 0 Å². The highest BCUT2D eigenvalue weighted by Gasteiger charge is 2.24. The van der Waals surface area contributed by atoms with Crippen molar-refractivity contribution >= 4 is 29.3 Å². The maximum absolute atomic E-state index is 13.5. The highest BCUT2D eigenvalue weighted by Crippen LogP contribution is 2.30. The van der Waals surface area contributed by atoms with Crippen LogP contribution < -0.4 is 15.5 Å². The summed E-state index contributed by atoms with van der Waals surface area (Å²) in [7, 11) is 0. The van der Waals surface area contributed by atoms with E-state index in [1.54, 1.807) is 24.5 Å². The molecule has 1 fully saturated rings. The minimum atomic E-state index is -0.250. The summed E-state index contributed by atoms with van der Waals surface area (Å²) in [5, 5.41) is 5.94. The molecule has 3 aromatic carbocycles. The second kappa shape index (κ2) is 13.4. The highest BCUT2D eigenvalue weighted by molar-refractivity contribution is 6.05. The van der Waals surface area contributed by atoms with E-state index < -0.39 is 0 Å². The minimum Gasteiger partial charge on any atom is -0.371 e. The molecule has 0 saturated carbocycles. The second-order valence-corrected chi connectivity index (χ2v) is 10.1. The molecule has 40 heavy (non-hydrogen) atoms. The van der Waals surface area contributed by atoms with E-state index in [4.69, 9.17) is 0 Å². The quantitative estimate of drug-likeness (QED) is 0.256. The van der Waals surface area contributed by atoms with Crippen molar-refractivity contribution in [3.63, 3.8) is 0 Å². The number of amides is 2. The third-order valence-corrected chi connectivity index (χ3v) is 7.23. The Morgan fingerprint density at radius 1 is 0.875 bits per heavy atom. The Bertz CT molecular complexity index is 1430. The molecule has 0 aliphatic carbocycles. The molecule has 6 heteroatoms. The maximum atomic E-state index is 13.5. The van der Waals surface area contributed by atoms with Crippen molar-refractivity contribution in [2.24, 2.45) is 5.92 Å². The number of anilines is 2. The van der Waals surface area contributed by atoms with Gasteiger partial charge in [0.25, 0.3) is 5.91 Å².